The molecule has 3 N–H and O–H groups in total. The summed E-state index contributed by atoms with van der Waals surface area (Å²) in [5, 5.41) is 13.5. The molecule has 7 heteroatoms. The minimum atomic E-state index is -0.145. The lowest BCUT2D eigenvalue weighted by Crippen LogP contribution is -2.30. The molecule has 0 aliphatic carbocycles. The fourth-order valence-corrected chi connectivity index (χ4v) is 2.88. The van der Waals surface area contributed by atoms with Crippen LogP contribution in [0.3, 0.4) is 0 Å². The van der Waals surface area contributed by atoms with E-state index in [1.54, 1.807) is 0 Å². The van der Waals surface area contributed by atoms with Crippen LogP contribution in [0.2, 0.25) is 0 Å². The van der Waals surface area contributed by atoms with Gasteiger partial charge in [-0.15, -0.1) is 12.4 Å². The monoisotopic (exact) mass is 378 g/mol. The normalized spacial score (nSPS) is 14.3. The van der Waals surface area contributed by atoms with Crippen molar-refractivity contribution in [3.63, 3.8) is 0 Å². The molecule has 1 aromatic carbocycles. The Balaban J connectivity index is 0.00000243. The van der Waals surface area contributed by atoms with Gasteiger partial charge in [0.1, 0.15) is 5.75 Å². The van der Waals surface area contributed by atoms with Crippen LogP contribution in [0, 0.1) is 5.92 Å². The van der Waals surface area contributed by atoms with Gasteiger partial charge < -0.3 is 15.4 Å². The van der Waals surface area contributed by atoms with E-state index in [-0.39, 0.29) is 24.4 Å². The first kappa shape index (κ1) is 20.3. The van der Waals surface area contributed by atoms with Gasteiger partial charge in [0.2, 0.25) is 0 Å². The molecular formula is C19H27ClN4O2. The summed E-state index contributed by atoms with van der Waals surface area (Å²) in [6.07, 6.45) is 0.878. The zero-order chi connectivity index (χ0) is 17.8. The maximum Gasteiger partial charge on any atom is 0.272 e. The number of benzene rings is 1. The van der Waals surface area contributed by atoms with Crippen molar-refractivity contribution < 1.29 is 9.53 Å². The Hall–Kier alpha value is -2.05. The van der Waals surface area contributed by atoms with E-state index in [4.69, 9.17) is 4.74 Å². The van der Waals surface area contributed by atoms with Crippen molar-refractivity contribution in [3.05, 3.63) is 46.8 Å². The van der Waals surface area contributed by atoms with E-state index in [1.165, 1.54) is 0 Å². The predicted molar refractivity (Wildman–Crippen MR) is 104 cm³/mol. The van der Waals surface area contributed by atoms with Gasteiger partial charge in [0.15, 0.2) is 5.69 Å². The van der Waals surface area contributed by atoms with Crippen LogP contribution in [0.15, 0.2) is 24.3 Å². The zero-order valence-corrected chi connectivity index (χ0v) is 16.3. The molecule has 6 nitrogen and oxygen atoms in total. The topological polar surface area (TPSA) is 79.0 Å². The van der Waals surface area contributed by atoms with Gasteiger partial charge >= 0.3 is 0 Å². The summed E-state index contributed by atoms with van der Waals surface area (Å²) in [6.45, 7) is 8.51. The van der Waals surface area contributed by atoms with Crippen molar-refractivity contribution in [1.29, 1.82) is 0 Å². The second-order valence-corrected chi connectivity index (χ2v) is 6.93. The van der Waals surface area contributed by atoms with Crippen LogP contribution in [0.4, 0.5) is 0 Å². The van der Waals surface area contributed by atoms with Gasteiger partial charge in [-0.1, -0.05) is 26.0 Å². The van der Waals surface area contributed by atoms with Gasteiger partial charge in [0.25, 0.3) is 5.91 Å². The van der Waals surface area contributed by atoms with Gasteiger partial charge in [-0.2, -0.15) is 5.10 Å². The van der Waals surface area contributed by atoms with Crippen LogP contribution >= 0.6 is 12.4 Å². The standard InChI is InChI=1S/C19H26N4O2.ClH/c1-12(2)11-25-15-6-4-14(5-7-15)13(3)21-19(24)18-16-10-20-9-8-17(16)22-23-18;/h4-7,12-13,20H,8-11H2,1-3H3,(H,21,24)(H,22,23);1H. The zero-order valence-electron chi connectivity index (χ0n) is 15.5. The number of halogens is 1. The maximum absolute atomic E-state index is 12.6. The second kappa shape index (κ2) is 9.05. The Kier molecular flexibility index (Phi) is 7.06. The fraction of sp³-hybridized carbons (Fsp3) is 0.474. The molecule has 1 aromatic heterocycles. The fourth-order valence-electron chi connectivity index (χ4n) is 2.88. The minimum Gasteiger partial charge on any atom is -0.493 e. The number of rotatable bonds is 6. The number of carbonyl (C=O) groups excluding carboxylic acids is 1. The SMILES string of the molecule is CC(C)COc1ccc(C(C)NC(=O)c2n[nH]c3c2CNCC3)cc1.Cl. The van der Waals surface area contributed by atoms with Crippen LogP contribution in [-0.4, -0.2) is 29.3 Å². The quantitative estimate of drug-likeness (QED) is 0.722. The Morgan fingerprint density at radius 3 is 2.69 bits per heavy atom. The average molecular weight is 379 g/mol. The number of H-pyrrole nitrogens is 1. The smallest absolute Gasteiger partial charge is 0.272 e. The number of hydrogen-bond acceptors (Lipinski definition) is 4. The van der Waals surface area contributed by atoms with Crippen molar-refractivity contribution in [2.75, 3.05) is 13.2 Å². The highest BCUT2D eigenvalue weighted by molar-refractivity contribution is 5.94. The number of carbonyl (C=O) groups is 1. The van der Waals surface area contributed by atoms with Gasteiger partial charge in [0, 0.05) is 30.8 Å². The Morgan fingerprint density at radius 1 is 1.27 bits per heavy atom. The van der Waals surface area contributed by atoms with E-state index < -0.39 is 0 Å². The van der Waals surface area contributed by atoms with E-state index >= 15 is 0 Å². The molecule has 2 heterocycles. The van der Waals surface area contributed by atoms with Crippen LogP contribution < -0.4 is 15.4 Å². The maximum atomic E-state index is 12.6. The summed E-state index contributed by atoms with van der Waals surface area (Å²) in [4.78, 5) is 12.6. The molecule has 0 fully saturated rings. The highest BCUT2D eigenvalue weighted by Crippen LogP contribution is 2.20. The van der Waals surface area contributed by atoms with Gasteiger partial charge in [0.05, 0.1) is 12.6 Å². The summed E-state index contributed by atoms with van der Waals surface area (Å²) in [6, 6.07) is 7.77. The molecule has 0 saturated carbocycles. The summed E-state index contributed by atoms with van der Waals surface area (Å²) in [5.74, 6) is 1.20. The number of hydrogen-bond donors (Lipinski definition) is 3. The molecule has 1 unspecified atom stereocenters. The summed E-state index contributed by atoms with van der Waals surface area (Å²) in [5.41, 5.74) is 3.57. The Bertz CT molecular complexity index is 728. The molecule has 3 rings (SSSR count). The molecule has 0 radical (unpaired) electrons. The van der Waals surface area contributed by atoms with E-state index in [2.05, 4.69) is 34.7 Å². The molecule has 0 spiro atoms. The van der Waals surface area contributed by atoms with Crippen molar-refractivity contribution >= 4 is 18.3 Å². The third kappa shape index (κ3) is 4.77. The van der Waals surface area contributed by atoms with Crippen LogP contribution in [0.25, 0.3) is 0 Å². The van der Waals surface area contributed by atoms with Crippen molar-refractivity contribution in [3.8, 4) is 5.75 Å². The van der Waals surface area contributed by atoms with E-state index in [9.17, 15) is 4.79 Å². The molecule has 0 saturated heterocycles. The lowest BCUT2D eigenvalue weighted by atomic mass is 10.1. The van der Waals surface area contributed by atoms with Crippen LogP contribution in [-0.2, 0) is 13.0 Å². The molecule has 142 valence electrons. The summed E-state index contributed by atoms with van der Waals surface area (Å²) >= 11 is 0. The minimum absolute atomic E-state index is 0. The molecule has 1 amide bonds. The lowest BCUT2D eigenvalue weighted by molar-refractivity contribution is 0.0933. The van der Waals surface area contributed by atoms with Crippen LogP contribution in [0.1, 0.15) is 54.1 Å². The molecule has 1 atom stereocenters. The highest BCUT2D eigenvalue weighted by atomic mass is 35.5. The molecule has 1 aliphatic rings. The first-order valence-corrected chi connectivity index (χ1v) is 8.85. The third-order valence-electron chi connectivity index (χ3n) is 4.33. The Labute approximate surface area is 160 Å². The van der Waals surface area contributed by atoms with Crippen molar-refractivity contribution in [2.24, 2.45) is 5.92 Å². The summed E-state index contributed by atoms with van der Waals surface area (Å²) < 4.78 is 5.70. The second-order valence-electron chi connectivity index (χ2n) is 6.93. The molecule has 1 aliphatic heterocycles. The molecule has 26 heavy (non-hydrogen) atoms. The molecule has 2 aromatic rings. The van der Waals surface area contributed by atoms with Crippen LogP contribution in [0.5, 0.6) is 5.75 Å². The first-order chi connectivity index (χ1) is 12.0. The largest absolute Gasteiger partial charge is 0.493 e. The Morgan fingerprint density at radius 2 is 2.00 bits per heavy atom. The number of nitrogens with zero attached hydrogens (tertiary/aromatic N) is 1. The number of ether oxygens (including phenoxy) is 1. The van der Waals surface area contributed by atoms with Gasteiger partial charge in [-0.25, -0.2) is 0 Å². The summed E-state index contributed by atoms with van der Waals surface area (Å²) in [7, 11) is 0. The first-order valence-electron chi connectivity index (χ1n) is 8.85. The lowest BCUT2D eigenvalue weighted by Gasteiger charge is -2.16. The average Bonchev–Trinajstić information content (AvgIpc) is 3.04. The number of aromatic amines is 1. The third-order valence-corrected chi connectivity index (χ3v) is 4.33. The van der Waals surface area contributed by atoms with Crippen molar-refractivity contribution in [2.45, 2.75) is 39.8 Å². The highest BCUT2D eigenvalue weighted by Gasteiger charge is 2.22. The number of nitrogens with one attached hydrogen (secondary N) is 3. The van der Waals surface area contributed by atoms with Gasteiger partial charge in [-0.3, -0.25) is 9.89 Å². The van der Waals surface area contributed by atoms with E-state index in [0.717, 1.165) is 35.5 Å². The number of fused-ring (bicyclic) bond motifs is 1. The molecule has 0 bridgehead atoms. The number of amides is 1. The predicted octanol–water partition coefficient (Wildman–Crippen LogP) is 3.00. The van der Waals surface area contributed by atoms with E-state index in [1.807, 2.05) is 31.2 Å². The molecular weight excluding hydrogens is 352 g/mol. The van der Waals surface area contributed by atoms with E-state index in [0.29, 0.717) is 24.8 Å². The number of aromatic nitrogens is 2. The van der Waals surface area contributed by atoms with Gasteiger partial charge in [-0.05, 0) is 30.5 Å². The van der Waals surface area contributed by atoms with Crippen molar-refractivity contribution in [1.82, 2.24) is 20.8 Å².